The fourth-order valence-electron chi connectivity index (χ4n) is 2.43. The molecule has 0 atom stereocenters. The second kappa shape index (κ2) is 7.11. The van der Waals surface area contributed by atoms with Crippen LogP contribution in [0.15, 0.2) is 22.0 Å². The first-order valence-electron chi connectivity index (χ1n) is 7.40. The van der Waals surface area contributed by atoms with Crippen LogP contribution in [-0.4, -0.2) is 59.4 Å². The summed E-state index contributed by atoms with van der Waals surface area (Å²) in [4.78, 5) is 28.8. The van der Waals surface area contributed by atoms with Gasteiger partial charge in [-0.1, -0.05) is 0 Å². The van der Waals surface area contributed by atoms with Gasteiger partial charge in [0, 0.05) is 19.2 Å². The van der Waals surface area contributed by atoms with Crippen molar-refractivity contribution in [1.29, 1.82) is 0 Å². The number of rotatable bonds is 3. The molecule has 0 radical (unpaired) electrons. The summed E-state index contributed by atoms with van der Waals surface area (Å²) in [6.45, 7) is 2.47. The molecule has 0 unspecified atom stereocenters. The van der Waals surface area contributed by atoms with E-state index in [1.165, 1.54) is 37.1 Å². The zero-order valence-corrected chi connectivity index (χ0v) is 14.1. The van der Waals surface area contributed by atoms with Gasteiger partial charge >= 0.3 is 5.69 Å². The first kappa shape index (κ1) is 17.2. The van der Waals surface area contributed by atoms with Crippen molar-refractivity contribution in [3.63, 3.8) is 0 Å². The molecular weight excluding hydrogens is 350 g/mol. The number of phenols is 1. The van der Waals surface area contributed by atoms with E-state index in [1.54, 1.807) is 0 Å². The van der Waals surface area contributed by atoms with Gasteiger partial charge in [0.1, 0.15) is 0 Å². The van der Waals surface area contributed by atoms with Gasteiger partial charge < -0.3 is 19.5 Å². The Morgan fingerprint density at radius 2 is 2.16 bits per heavy atom. The Bertz CT molecular complexity index is 786. The predicted molar refractivity (Wildman–Crippen MR) is 91.7 cm³/mol. The molecule has 2 aliphatic heterocycles. The van der Waals surface area contributed by atoms with Crippen LogP contribution in [0.3, 0.4) is 0 Å². The summed E-state index contributed by atoms with van der Waals surface area (Å²) in [5.41, 5.74) is -0.119. The highest BCUT2D eigenvalue weighted by Gasteiger charge is 2.28. The summed E-state index contributed by atoms with van der Waals surface area (Å²) >= 11 is 1.21. The minimum absolute atomic E-state index is 0.0363. The van der Waals surface area contributed by atoms with Crippen LogP contribution < -0.4 is 4.74 Å². The lowest BCUT2D eigenvalue weighted by Crippen LogP contribution is -2.38. The number of hydrogen-bond donors (Lipinski definition) is 1. The maximum atomic E-state index is 12.1. The van der Waals surface area contributed by atoms with Gasteiger partial charge in [-0.2, -0.15) is 4.99 Å². The van der Waals surface area contributed by atoms with Crippen LogP contribution in [0, 0.1) is 10.1 Å². The number of morpholine rings is 1. The topological polar surface area (TPSA) is 115 Å². The van der Waals surface area contributed by atoms with E-state index < -0.39 is 22.3 Å². The monoisotopic (exact) mass is 365 g/mol. The van der Waals surface area contributed by atoms with Crippen LogP contribution in [0.2, 0.25) is 0 Å². The van der Waals surface area contributed by atoms with E-state index in [9.17, 15) is 20.0 Å². The lowest BCUT2D eigenvalue weighted by molar-refractivity contribution is -0.386. The number of carbonyl (C=O) groups is 1. The highest BCUT2D eigenvalue weighted by Crippen LogP contribution is 2.38. The number of thioether (sulfide) groups is 1. The molecule has 0 spiro atoms. The molecule has 10 heteroatoms. The third-order valence-electron chi connectivity index (χ3n) is 3.68. The normalized spacial score (nSPS) is 19.2. The Kier molecular flexibility index (Phi) is 4.91. The van der Waals surface area contributed by atoms with Crippen LogP contribution in [-0.2, 0) is 9.53 Å². The summed E-state index contributed by atoms with van der Waals surface area (Å²) in [6, 6.07) is 2.61. The number of aromatic hydroxyl groups is 1. The lowest BCUT2D eigenvalue weighted by atomic mass is 10.1. The lowest BCUT2D eigenvalue weighted by Gasteiger charge is -2.27. The molecular formula is C15H15N3O6S. The maximum Gasteiger partial charge on any atom is 0.315 e. The molecule has 1 fully saturated rings. The Hall–Kier alpha value is -2.59. The summed E-state index contributed by atoms with van der Waals surface area (Å²) in [7, 11) is 1.30. The van der Waals surface area contributed by atoms with Crippen molar-refractivity contribution in [3.05, 3.63) is 32.7 Å². The number of amides is 1. The molecule has 0 bridgehead atoms. The highest BCUT2D eigenvalue weighted by atomic mass is 32.2. The van der Waals surface area contributed by atoms with Gasteiger partial charge in [-0.25, -0.2) is 0 Å². The van der Waals surface area contributed by atoms with Gasteiger partial charge in [-0.05, 0) is 29.5 Å². The zero-order chi connectivity index (χ0) is 18.0. The molecule has 0 aliphatic carbocycles. The van der Waals surface area contributed by atoms with E-state index in [2.05, 4.69) is 4.99 Å². The van der Waals surface area contributed by atoms with Crippen LogP contribution >= 0.6 is 11.8 Å². The molecule has 3 rings (SSSR count). The van der Waals surface area contributed by atoms with Crippen LogP contribution in [0.1, 0.15) is 5.56 Å². The Morgan fingerprint density at radius 1 is 1.44 bits per heavy atom. The van der Waals surface area contributed by atoms with Gasteiger partial charge in [-0.3, -0.25) is 14.9 Å². The van der Waals surface area contributed by atoms with Gasteiger partial charge in [0.2, 0.25) is 5.75 Å². The number of ether oxygens (including phenoxy) is 2. The second-order valence-corrected chi connectivity index (χ2v) is 6.27. The first-order chi connectivity index (χ1) is 12.0. The number of nitro benzene ring substituents is 1. The average molecular weight is 365 g/mol. The minimum Gasteiger partial charge on any atom is -0.500 e. The number of methoxy groups -OCH3 is 1. The fourth-order valence-corrected chi connectivity index (χ4v) is 3.40. The van der Waals surface area contributed by atoms with Crippen LogP contribution in [0.25, 0.3) is 6.08 Å². The van der Waals surface area contributed by atoms with E-state index in [4.69, 9.17) is 9.47 Å². The van der Waals surface area contributed by atoms with E-state index in [1.807, 2.05) is 4.90 Å². The summed E-state index contributed by atoms with van der Waals surface area (Å²) in [6.07, 6.45) is 1.50. The number of amidine groups is 1. The number of nitro groups is 1. The third kappa shape index (κ3) is 3.59. The molecule has 1 N–H and O–H groups in total. The van der Waals surface area contributed by atoms with Crippen molar-refractivity contribution in [2.45, 2.75) is 0 Å². The van der Waals surface area contributed by atoms with E-state index in [0.29, 0.717) is 41.9 Å². The van der Waals surface area contributed by atoms with E-state index >= 15 is 0 Å². The van der Waals surface area contributed by atoms with Crippen molar-refractivity contribution in [1.82, 2.24) is 4.90 Å². The summed E-state index contributed by atoms with van der Waals surface area (Å²) in [5.74, 6) is -0.989. The molecule has 1 saturated heterocycles. The second-order valence-electron chi connectivity index (χ2n) is 5.26. The Labute approximate surface area is 147 Å². The van der Waals surface area contributed by atoms with Gasteiger partial charge in [0.15, 0.2) is 10.9 Å². The van der Waals surface area contributed by atoms with Crippen LogP contribution in [0.5, 0.6) is 11.5 Å². The highest BCUT2D eigenvalue weighted by molar-refractivity contribution is 8.18. The molecule has 9 nitrogen and oxygen atoms in total. The molecule has 1 aromatic rings. The molecule has 25 heavy (non-hydrogen) atoms. The molecule has 132 valence electrons. The minimum atomic E-state index is -0.709. The predicted octanol–water partition coefficient (Wildman–Crippen LogP) is 1.61. The molecule has 0 aromatic heterocycles. The first-order valence-corrected chi connectivity index (χ1v) is 8.22. The fraction of sp³-hybridized carbons (Fsp3) is 0.333. The van der Waals surface area contributed by atoms with Crippen molar-refractivity contribution in [2.75, 3.05) is 33.4 Å². The van der Waals surface area contributed by atoms with E-state index in [0.717, 1.165) is 0 Å². The SMILES string of the molecule is COc1cc(/C=C2/SC(N3CCOCC3)=NC2=O)cc([N+](=O)[O-])c1O. The molecule has 1 aromatic carbocycles. The number of phenolic OH excluding ortho intramolecular Hbond substituents is 1. The number of aliphatic imine (C=N–C) groups is 1. The molecule has 2 aliphatic rings. The summed E-state index contributed by atoms with van der Waals surface area (Å²) < 4.78 is 10.2. The maximum absolute atomic E-state index is 12.1. The molecule has 1 amide bonds. The number of benzene rings is 1. The quantitative estimate of drug-likeness (QED) is 0.488. The summed E-state index contributed by atoms with van der Waals surface area (Å²) in [5, 5.41) is 21.5. The Balaban J connectivity index is 1.87. The zero-order valence-electron chi connectivity index (χ0n) is 13.3. The van der Waals surface area contributed by atoms with E-state index in [-0.39, 0.29) is 5.75 Å². The van der Waals surface area contributed by atoms with Crippen molar-refractivity contribution >= 4 is 34.6 Å². The van der Waals surface area contributed by atoms with Crippen molar-refractivity contribution < 1.29 is 24.3 Å². The standard InChI is InChI=1S/C15H15N3O6S/c1-23-11-7-9(6-10(13(11)19)18(21)22)8-12-14(20)16-15(25-12)17-2-4-24-5-3-17/h6-8,19H,2-5H2,1H3/b12-8+. The largest absolute Gasteiger partial charge is 0.500 e. The third-order valence-corrected chi connectivity index (χ3v) is 4.73. The van der Waals surface area contributed by atoms with Crippen LogP contribution in [0.4, 0.5) is 5.69 Å². The number of hydrogen-bond acceptors (Lipinski definition) is 8. The van der Waals surface area contributed by atoms with Gasteiger partial charge in [0.25, 0.3) is 5.91 Å². The van der Waals surface area contributed by atoms with Gasteiger partial charge in [0.05, 0.1) is 30.2 Å². The van der Waals surface area contributed by atoms with Gasteiger partial charge in [-0.15, -0.1) is 0 Å². The average Bonchev–Trinajstić information content (AvgIpc) is 2.97. The number of carbonyl (C=O) groups excluding carboxylic acids is 1. The smallest absolute Gasteiger partial charge is 0.315 e. The van der Waals surface area contributed by atoms with Crippen molar-refractivity contribution in [2.24, 2.45) is 4.99 Å². The molecule has 0 saturated carbocycles. The molecule has 2 heterocycles. The number of nitrogens with zero attached hydrogens (tertiary/aromatic N) is 3. The van der Waals surface area contributed by atoms with Crippen molar-refractivity contribution in [3.8, 4) is 11.5 Å². The Morgan fingerprint density at radius 3 is 2.80 bits per heavy atom.